The van der Waals surface area contributed by atoms with E-state index in [1.54, 1.807) is 0 Å². The molecule has 0 aromatic heterocycles. The van der Waals surface area contributed by atoms with E-state index < -0.39 is 0 Å². The number of esters is 1. The fourth-order valence-corrected chi connectivity index (χ4v) is 1.92. The summed E-state index contributed by atoms with van der Waals surface area (Å²) in [5, 5.41) is 3.22. The third-order valence-electron chi connectivity index (χ3n) is 2.83. The summed E-state index contributed by atoms with van der Waals surface area (Å²) in [6.45, 7) is 2.59. The van der Waals surface area contributed by atoms with E-state index in [-0.39, 0.29) is 5.97 Å². The molecule has 0 heterocycles. The Morgan fingerprint density at radius 3 is 2.88 bits per heavy atom. The summed E-state index contributed by atoms with van der Waals surface area (Å²) in [6, 6.07) is 10.8. The van der Waals surface area contributed by atoms with Gasteiger partial charge in [0.05, 0.1) is 13.2 Å². The van der Waals surface area contributed by atoms with E-state index in [9.17, 15) is 4.79 Å². The minimum absolute atomic E-state index is 0.166. The molecule has 1 aromatic rings. The van der Waals surface area contributed by atoms with Crippen LogP contribution in [-0.2, 0) is 9.53 Å². The van der Waals surface area contributed by atoms with Gasteiger partial charge in [0.2, 0.25) is 0 Å². The first-order valence-corrected chi connectivity index (χ1v) is 5.75. The van der Waals surface area contributed by atoms with Crippen molar-refractivity contribution < 1.29 is 9.53 Å². The normalized spacial score (nSPS) is 22.8. The van der Waals surface area contributed by atoms with Crippen molar-refractivity contribution in [2.75, 3.05) is 13.2 Å². The topological polar surface area (TPSA) is 38.3 Å². The largest absolute Gasteiger partial charge is 0.465 e. The maximum Gasteiger partial charge on any atom is 0.319 e. The van der Waals surface area contributed by atoms with Crippen LogP contribution in [0.4, 0.5) is 0 Å². The number of hydrogen-bond acceptors (Lipinski definition) is 3. The van der Waals surface area contributed by atoms with E-state index in [1.165, 1.54) is 5.56 Å². The summed E-state index contributed by atoms with van der Waals surface area (Å²) < 4.78 is 4.86. The smallest absolute Gasteiger partial charge is 0.319 e. The molecular weight excluding hydrogens is 202 g/mol. The number of rotatable bonds is 5. The Balaban J connectivity index is 1.74. The molecule has 0 radical (unpaired) electrons. The molecule has 0 bridgehead atoms. The zero-order valence-electron chi connectivity index (χ0n) is 9.48. The third-order valence-corrected chi connectivity index (χ3v) is 2.83. The van der Waals surface area contributed by atoms with E-state index in [4.69, 9.17) is 4.74 Å². The lowest BCUT2D eigenvalue weighted by atomic mass is 10.1. The summed E-state index contributed by atoms with van der Waals surface area (Å²) in [7, 11) is 0. The van der Waals surface area contributed by atoms with Gasteiger partial charge < -0.3 is 10.1 Å². The minimum Gasteiger partial charge on any atom is -0.465 e. The van der Waals surface area contributed by atoms with Crippen molar-refractivity contribution in [1.29, 1.82) is 0 Å². The van der Waals surface area contributed by atoms with Gasteiger partial charge in [-0.15, -0.1) is 0 Å². The van der Waals surface area contributed by atoms with Gasteiger partial charge in [-0.2, -0.15) is 0 Å². The fraction of sp³-hybridized carbons (Fsp3) is 0.462. The predicted molar refractivity (Wildman–Crippen MR) is 62.2 cm³/mol. The first-order chi connectivity index (χ1) is 7.81. The lowest BCUT2D eigenvalue weighted by molar-refractivity contribution is -0.142. The summed E-state index contributed by atoms with van der Waals surface area (Å²) in [5.41, 5.74) is 1.35. The van der Waals surface area contributed by atoms with Crippen LogP contribution in [0.15, 0.2) is 30.3 Å². The van der Waals surface area contributed by atoms with Crippen molar-refractivity contribution in [2.24, 2.45) is 0 Å². The van der Waals surface area contributed by atoms with Crippen molar-refractivity contribution >= 4 is 5.97 Å². The second-order valence-electron chi connectivity index (χ2n) is 4.05. The van der Waals surface area contributed by atoms with Gasteiger partial charge in [-0.25, -0.2) is 0 Å². The van der Waals surface area contributed by atoms with Crippen LogP contribution in [0.3, 0.4) is 0 Å². The fourth-order valence-electron chi connectivity index (χ4n) is 1.92. The zero-order chi connectivity index (χ0) is 11.4. The van der Waals surface area contributed by atoms with Gasteiger partial charge in [-0.3, -0.25) is 4.79 Å². The highest BCUT2D eigenvalue weighted by Crippen LogP contribution is 2.40. The van der Waals surface area contributed by atoms with Crippen molar-refractivity contribution in [1.82, 2.24) is 5.32 Å². The maximum atomic E-state index is 11.1. The van der Waals surface area contributed by atoms with Gasteiger partial charge in [0.15, 0.2) is 0 Å². The highest BCUT2D eigenvalue weighted by atomic mass is 16.5. The average Bonchev–Trinajstić information content (AvgIpc) is 3.07. The summed E-state index contributed by atoms with van der Waals surface area (Å²) in [6.07, 6.45) is 1.11. The molecule has 1 fully saturated rings. The summed E-state index contributed by atoms with van der Waals surface area (Å²) in [5.74, 6) is 0.400. The lowest BCUT2D eigenvalue weighted by Crippen LogP contribution is -2.27. The highest BCUT2D eigenvalue weighted by Gasteiger charge is 2.37. The molecule has 1 saturated carbocycles. The molecule has 0 aliphatic heterocycles. The van der Waals surface area contributed by atoms with Gasteiger partial charge in [0.1, 0.15) is 0 Å². The molecule has 1 aromatic carbocycles. The van der Waals surface area contributed by atoms with Crippen LogP contribution in [-0.4, -0.2) is 25.2 Å². The minimum atomic E-state index is -0.166. The molecule has 86 valence electrons. The van der Waals surface area contributed by atoms with Gasteiger partial charge in [0, 0.05) is 12.0 Å². The Morgan fingerprint density at radius 2 is 2.19 bits per heavy atom. The molecule has 0 spiro atoms. The van der Waals surface area contributed by atoms with E-state index in [2.05, 4.69) is 29.6 Å². The number of ether oxygens (including phenoxy) is 1. The Kier molecular flexibility index (Phi) is 3.57. The molecule has 3 nitrogen and oxygen atoms in total. The number of carbonyl (C=O) groups excluding carboxylic acids is 1. The van der Waals surface area contributed by atoms with Crippen LogP contribution in [0.25, 0.3) is 0 Å². The van der Waals surface area contributed by atoms with Crippen LogP contribution in [0, 0.1) is 0 Å². The first kappa shape index (κ1) is 11.1. The number of carbonyl (C=O) groups is 1. The molecular formula is C13H17NO2. The van der Waals surface area contributed by atoms with E-state index in [0.29, 0.717) is 25.1 Å². The van der Waals surface area contributed by atoms with Gasteiger partial charge >= 0.3 is 5.97 Å². The zero-order valence-corrected chi connectivity index (χ0v) is 9.48. The number of nitrogens with one attached hydrogen (secondary N) is 1. The highest BCUT2D eigenvalue weighted by molar-refractivity contribution is 5.71. The molecule has 2 atom stereocenters. The molecule has 2 rings (SSSR count). The van der Waals surface area contributed by atoms with Crippen LogP contribution >= 0.6 is 0 Å². The Labute approximate surface area is 95.8 Å². The van der Waals surface area contributed by atoms with E-state index >= 15 is 0 Å². The molecule has 1 aliphatic rings. The second kappa shape index (κ2) is 5.12. The third kappa shape index (κ3) is 2.83. The summed E-state index contributed by atoms with van der Waals surface area (Å²) in [4.78, 5) is 11.1. The van der Waals surface area contributed by atoms with Gasteiger partial charge in [0.25, 0.3) is 0 Å². The Hall–Kier alpha value is -1.35. The predicted octanol–water partition coefficient (Wildman–Crippen LogP) is 1.70. The molecule has 0 saturated heterocycles. The number of benzene rings is 1. The Morgan fingerprint density at radius 1 is 1.44 bits per heavy atom. The van der Waals surface area contributed by atoms with E-state index in [1.807, 2.05) is 13.0 Å². The van der Waals surface area contributed by atoms with Gasteiger partial charge in [-0.1, -0.05) is 30.3 Å². The quantitative estimate of drug-likeness (QED) is 0.766. The average molecular weight is 219 g/mol. The maximum absolute atomic E-state index is 11.1. The van der Waals surface area contributed by atoms with Crippen molar-refractivity contribution in [3.63, 3.8) is 0 Å². The van der Waals surface area contributed by atoms with E-state index in [0.717, 1.165) is 6.42 Å². The molecule has 2 unspecified atom stereocenters. The van der Waals surface area contributed by atoms with Crippen LogP contribution in [0.5, 0.6) is 0 Å². The second-order valence-corrected chi connectivity index (χ2v) is 4.05. The van der Waals surface area contributed by atoms with Crippen molar-refractivity contribution in [2.45, 2.75) is 25.3 Å². The SMILES string of the molecule is CCOC(=O)CNC1CC1c1ccccc1. The summed E-state index contributed by atoms with van der Waals surface area (Å²) >= 11 is 0. The molecule has 1 aliphatic carbocycles. The molecule has 0 amide bonds. The number of hydrogen-bond donors (Lipinski definition) is 1. The molecule has 16 heavy (non-hydrogen) atoms. The van der Waals surface area contributed by atoms with Crippen molar-refractivity contribution in [3.8, 4) is 0 Å². The molecule has 3 heteroatoms. The van der Waals surface area contributed by atoms with Crippen molar-refractivity contribution in [3.05, 3.63) is 35.9 Å². The Bertz CT molecular complexity index is 350. The van der Waals surface area contributed by atoms with Gasteiger partial charge in [-0.05, 0) is 18.9 Å². The molecule has 1 N–H and O–H groups in total. The van der Waals surface area contributed by atoms with Crippen LogP contribution in [0.1, 0.15) is 24.8 Å². The monoisotopic (exact) mass is 219 g/mol. The lowest BCUT2D eigenvalue weighted by Gasteiger charge is -2.04. The standard InChI is InChI=1S/C13H17NO2/c1-2-16-13(15)9-14-12-8-11(12)10-6-4-3-5-7-10/h3-7,11-12,14H,2,8-9H2,1H3. The van der Waals surface area contributed by atoms with Crippen LogP contribution < -0.4 is 5.32 Å². The van der Waals surface area contributed by atoms with Crippen LogP contribution in [0.2, 0.25) is 0 Å². The first-order valence-electron chi connectivity index (χ1n) is 5.75.